The average molecular weight is 277 g/mol. The number of hydrogen-bond donors (Lipinski definition) is 2. The maximum Gasteiger partial charge on any atom is 0.159 e. The van der Waals surface area contributed by atoms with Crippen LogP contribution in [-0.2, 0) is 6.54 Å². The van der Waals surface area contributed by atoms with E-state index in [1.165, 1.54) is 6.07 Å². The molecule has 0 heterocycles. The summed E-state index contributed by atoms with van der Waals surface area (Å²) in [7, 11) is 0. The van der Waals surface area contributed by atoms with Gasteiger partial charge in [-0.15, -0.1) is 0 Å². The molecule has 0 radical (unpaired) electrons. The molecule has 0 saturated carbocycles. The largest absolute Gasteiger partial charge is 0.387 e. The van der Waals surface area contributed by atoms with Crippen LogP contribution in [0.4, 0.5) is 8.78 Å². The Labute approximate surface area is 117 Å². The van der Waals surface area contributed by atoms with E-state index in [1.54, 1.807) is 0 Å². The minimum atomic E-state index is -0.858. The molecule has 0 aliphatic rings. The maximum atomic E-state index is 13.0. The third-order valence-electron chi connectivity index (χ3n) is 3.20. The zero-order valence-corrected chi connectivity index (χ0v) is 11.2. The highest BCUT2D eigenvalue weighted by Gasteiger charge is 2.09. The van der Waals surface area contributed by atoms with Gasteiger partial charge in [0, 0.05) is 13.1 Å². The molecule has 0 aliphatic heterocycles. The molecule has 0 aromatic heterocycles. The summed E-state index contributed by atoms with van der Waals surface area (Å²) in [6.45, 7) is 2.66. The Morgan fingerprint density at radius 3 is 2.55 bits per heavy atom. The Morgan fingerprint density at radius 2 is 1.85 bits per heavy atom. The monoisotopic (exact) mass is 277 g/mol. The van der Waals surface area contributed by atoms with Crippen molar-refractivity contribution in [2.75, 3.05) is 6.54 Å². The Hall–Kier alpha value is -1.78. The molecule has 0 fully saturated rings. The maximum absolute atomic E-state index is 13.0. The molecule has 0 amide bonds. The number of aliphatic hydroxyl groups excluding tert-OH is 1. The van der Waals surface area contributed by atoms with Gasteiger partial charge in [-0.05, 0) is 35.7 Å². The molecule has 2 rings (SSSR count). The second-order valence-corrected chi connectivity index (χ2v) is 4.75. The molecule has 4 heteroatoms. The van der Waals surface area contributed by atoms with Crippen molar-refractivity contribution >= 4 is 0 Å². The Kier molecular flexibility index (Phi) is 4.82. The number of rotatable bonds is 5. The standard InChI is InChI=1S/C16H17F2NO/c1-11-4-2-3-5-13(11)16(20)10-19-9-12-6-7-14(17)15(18)8-12/h2-8,16,19-20H,9-10H2,1H3. The molecule has 2 N–H and O–H groups in total. The summed E-state index contributed by atoms with van der Waals surface area (Å²) in [6, 6.07) is 11.4. The molecule has 2 aromatic carbocycles. The molecular weight excluding hydrogens is 260 g/mol. The Balaban J connectivity index is 1.89. The number of hydrogen-bond acceptors (Lipinski definition) is 2. The molecular formula is C16H17F2NO. The van der Waals surface area contributed by atoms with Crippen LogP contribution in [0.1, 0.15) is 22.8 Å². The van der Waals surface area contributed by atoms with Crippen molar-refractivity contribution in [3.8, 4) is 0 Å². The topological polar surface area (TPSA) is 32.3 Å². The van der Waals surface area contributed by atoms with Crippen LogP contribution in [0.2, 0.25) is 0 Å². The van der Waals surface area contributed by atoms with Gasteiger partial charge in [0.05, 0.1) is 6.10 Å². The molecule has 20 heavy (non-hydrogen) atoms. The molecule has 2 aromatic rings. The fourth-order valence-corrected chi connectivity index (χ4v) is 2.07. The summed E-state index contributed by atoms with van der Waals surface area (Å²) in [5, 5.41) is 13.1. The molecule has 1 atom stereocenters. The smallest absolute Gasteiger partial charge is 0.159 e. The lowest BCUT2D eigenvalue weighted by molar-refractivity contribution is 0.173. The van der Waals surface area contributed by atoms with Crippen LogP contribution in [0, 0.1) is 18.6 Å². The van der Waals surface area contributed by atoms with E-state index >= 15 is 0 Å². The van der Waals surface area contributed by atoms with Crippen molar-refractivity contribution in [1.82, 2.24) is 5.32 Å². The Morgan fingerprint density at radius 1 is 1.10 bits per heavy atom. The minimum Gasteiger partial charge on any atom is -0.387 e. The molecule has 0 aliphatic carbocycles. The molecule has 1 unspecified atom stereocenters. The predicted octanol–water partition coefficient (Wildman–Crippen LogP) is 3.10. The summed E-state index contributed by atoms with van der Waals surface area (Å²) >= 11 is 0. The summed E-state index contributed by atoms with van der Waals surface area (Å²) in [5.41, 5.74) is 2.53. The van der Waals surface area contributed by atoms with E-state index in [1.807, 2.05) is 31.2 Å². The first-order valence-corrected chi connectivity index (χ1v) is 6.46. The number of benzene rings is 2. The second kappa shape index (κ2) is 6.59. The van der Waals surface area contributed by atoms with E-state index in [-0.39, 0.29) is 0 Å². The van der Waals surface area contributed by atoms with Gasteiger partial charge in [0.1, 0.15) is 0 Å². The van der Waals surface area contributed by atoms with Crippen LogP contribution in [0.15, 0.2) is 42.5 Å². The van der Waals surface area contributed by atoms with Crippen molar-refractivity contribution in [1.29, 1.82) is 0 Å². The summed E-state index contributed by atoms with van der Waals surface area (Å²) in [6.07, 6.45) is -0.624. The van der Waals surface area contributed by atoms with E-state index in [0.717, 1.165) is 23.3 Å². The highest BCUT2D eigenvalue weighted by molar-refractivity contribution is 5.27. The number of halogens is 2. The fourth-order valence-electron chi connectivity index (χ4n) is 2.07. The van der Waals surface area contributed by atoms with E-state index in [0.29, 0.717) is 18.7 Å². The first-order chi connectivity index (χ1) is 9.58. The van der Waals surface area contributed by atoms with Gasteiger partial charge in [0.15, 0.2) is 11.6 Å². The van der Waals surface area contributed by atoms with Gasteiger partial charge in [-0.2, -0.15) is 0 Å². The second-order valence-electron chi connectivity index (χ2n) is 4.75. The van der Waals surface area contributed by atoms with E-state index < -0.39 is 17.7 Å². The zero-order valence-electron chi connectivity index (χ0n) is 11.2. The van der Waals surface area contributed by atoms with Crippen molar-refractivity contribution in [2.45, 2.75) is 19.6 Å². The average Bonchev–Trinajstić information content (AvgIpc) is 2.43. The molecule has 106 valence electrons. The van der Waals surface area contributed by atoms with E-state index in [4.69, 9.17) is 0 Å². The molecule has 0 spiro atoms. The van der Waals surface area contributed by atoms with Crippen LogP contribution in [0.25, 0.3) is 0 Å². The van der Waals surface area contributed by atoms with Crippen LogP contribution in [0.3, 0.4) is 0 Å². The van der Waals surface area contributed by atoms with Gasteiger partial charge in [-0.3, -0.25) is 0 Å². The van der Waals surface area contributed by atoms with Crippen LogP contribution in [-0.4, -0.2) is 11.7 Å². The summed E-state index contributed by atoms with van der Waals surface area (Å²) in [4.78, 5) is 0. The van der Waals surface area contributed by atoms with Gasteiger partial charge in [0.2, 0.25) is 0 Å². The van der Waals surface area contributed by atoms with Gasteiger partial charge in [0.25, 0.3) is 0 Å². The molecule has 0 saturated heterocycles. The van der Waals surface area contributed by atoms with E-state index in [9.17, 15) is 13.9 Å². The first kappa shape index (κ1) is 14.6. The number of aliphatic hydroxyl groups is 1. The lowest BCUT2D eigenvalue weighted by atomic mass is 10.0. The highest BCUT2D eigenvalue weighted by atomic mass is 19.2. The summed E-state index contributed by atoms with van der Waals surface area (Å²) < 4.78 is 25.8. The lowest BCUT2D eigenvalue weighted by Gasteiger charge is -2.14. The number of nitrogens with one attached hydrogen (secondary N) is 1. The van der Waals surface area contributed by atoms with Crippen molar-refractivity contribution < 1.29 is 13.9 Å². The van der Waals surface area contributed by atoms with Gasteiger partial charge in [-0.25, -0.2) is 8.78 Å². The van der Waals surface area contributed by atoms with E-state index in [2.05, 4.69) is 5.32 Å². The Bertz CT molecular complexity index is 586. The van der Waals surface area contributed by atoms with Crippen molar-refractivity contribution in [3.63, 3.8) is 0 Å². The first-order valence-electron chi connectivity index (χ1n) is 6.46. The van der Waals surface area contributed by atoms with Gasteiger partial charge >= 0.3 is 0 Å². The van der Waals surface area contributed by atoms with Gasteiger partial charge < -0.3 is 10.4 Å². The fraction of sp³-hybridized carbons (Fsp3) is 0.250. The SMILES string of the molecule is Cc1ccccc1C(O)CNCc1ccc(F)c(F)c1. The normalized spacial score (nSPS) is 12.4. The van der Waals surface area contributed by atoms with Crippen LogP contribution < -0.4 is 5.32 Å². The lowest BCUT2D eigenvalue weighted by Crippen LogP contribution is -2.21. The number of aryl methyl sites for hydroxylation is 1. The highest BCUT2D eigenvalue weighted by Crippen LogP contribution is 2.16. The molecule has 2 nitrogen and oxygen atoms in total. The van der Waals surface area contributed by atoms with Crippen molar-refractivity contribution in [2.24, 2.45) is 0 Å². The van der Waals surface area contributed by atoms with Gasteiger partial charge in [-0.1, -0.05) is 30.3 Å². The van der Waals surface area contributed by atoms with Crippen LogP contribution in [0.5, 0.6) is 0 Å². The molecule has 0 bridgehead atoms. The van der Waals surface area contributed by atoms with Crippen LogP contribution >= 0.6 is 0 Å². The van der Waals surface area contributed by atoms with Crippen molar-refractivity contribution in [3.05, 3.63) is 70.8 Å². The minimum absolute atomic E-state index is 0.351. The third kappa shape index (κ3) is 3.62. The zero-order chi connectivity index (χ0) is 14.5. The summed E-state index contributed by atoms with van der Waals surface area (Å²) in [5.74, 6) is -1.71. The predicted molar refractivity (Wildman–Crippen MR) is 74.2 cm³/mol. The quantitative estimate of drug-likeness (QED) is 0.880. The third-order valence-corrected chi connectivity index (χ3v) is 3.20.